The third-order valence-electron chi connectivity index (χ3n) is 4.72. The zero-order valence-electron chi connectivity index (χ0n) is 13.8. The molecule has 3 heterocycles. The maximum atomic E-state index is 13.1. The van der Waals surface area contributed by atoms with E-state index in [1.165, 1.54) is 0 Å². The van der Waals surface area contributed by atoms with Crippen LogP contribution < -0.4 is 4.74 Å². The van der Waals surface area contributed by atoms with Crippen molar-refractivity contribution >= 4 is 16.7 Å². The second kappa shape index (κ2) is 5.67. The summed E-state index contributed by atoms with van der Waals surface area (Å²) in [6, 6.07) is 13.8. The van der Waals surface area contributed by atoms with Crippen molar-refractivity contribution in [3.05, 3.63) is 60.0 Å². The van der Waals surface area contributed by atoms with E-state index in [1.54, 1.807) is 7.11 Å². The quantitative estimate of drug-likeness (QED) is 0.728. The number of amides is 1. The third-order valence-corrected chi connectivity index (χ3v) is 4.72. The Kier molecular flexibility index (Phi) is 3.49. The summed E-state index contributed by atoms with van der Waals surface area (Å²) >= 11 is 0. The minimum absolute atomic E-state index is 0.0283. The Balaban J connectivity index is 1.74. The molecule has 0 spiro atoms. The number of pyridine rings is 1. The van der Waals surface area contributed by atoms with Gasteiger partial charge < -0.3 is 14.2 Å². The molecule has 1 aromatic carbocycles. The van der Waals surface area contributed by atoms with Crippen molar-refractivity contribution in [1.29, 1.82) is 0 Å². The van der Waals surface area contributed by atoms with Crippen molar-refractivity contribution in [2.24, 2.45) is 0 Å². The van der Waals surface area contributed by atoms with Gasteiger partial charge >= 0.3 is 0 Å². The van der Waals surface area contributed by atoms with Gasteiger partial charge in [0.2, 0.25) is 5.88 Å². The fraction of sp³-hybridized carbons (Fsp3) is 0.263. The molecule has 3 aromatic rings. The predicted molar refractivity (Wildman–Crippen MR) is 92.2 cm³/mol. The summed E-state index contributed by atoms with van der Waals surface area (Å²) in [5.41, 5.74) is 1.58. The van der Waals surface area contributed by atoms with Crippen LogP contribution in [-0.2, 0) is 6.54 Å². The number of nitrogens with zero attached hydrogens (tertiary/aromatic N) is 3. The number of aromatic nitrogens is 2. The molecule has 1 aliphatic rings. The molecule has 0 saturated carbocycles. The van der Waals surface area contributed by atoms with Crippen molar-refractivity contribution in [3.63, 3.8) is 0 Å². The first-order chi connectivity index (χ1) is 11.7. The summed E-state index contributed by atoms with van der Waals surface area (Å²) in [7, 11) is 1.58. The molecule has 1 amide bonds. The van der Waals surface area contributed by atoms with E-state index in [1.807, 2.05) is 41.3 Å². The lowest BCUT2D eigenvalue weighted by Gasteiger charge is -2.34. The van der Waals surface area contributed by atoms with Crippen LogP contribution in [0.4, 0.5) is 0 Å². The Labute approximate surface area is 140 Å². The summed E-state index contributed by atoms with van der Waals surface area (Å²) in [6.45, 7) is 3.54. The van der Waals surface area contributed by atoms with Gasteiger partial charge in [-0.05, 0) is 36.6 Å². The van der Waals surface area contributed by atoms with Gasteiger partial charge in [0, 0.05) is 30.4 Å². The van der Waals surface area contributed by atoms with E-state index in [0.29, 0.717) is 18.1 Å². The third kappa shape index (κ3) is 2.24. The Morgan fingerprint density at radius 1 is 1.21 bits per heavy atom. The van der Waals surface area contributed by atoms with Crippen molar-refractivity contribution in [1.82, 2.24) is 14.5 Å². The summed E-state index contributed by atoms with van der Waals surface area (Å²) < 4.78 is 7.59. The molecule has 0 unspecified atom stereocenters. The zero-order chi connectivity index (χ0) is 16.7. The standard InChI is InChI=1S/C19H19N3O2/c1-13-17-8-5-9-21(17)10-11-22(13)19(23)16-12-14-6-3-4-7-15(14)18(20-16)24-2/h3-9,12-13H,10-11H2,1-2H3/t13-/m1/s1. The van der Waals surface area contributed by atoms with Gasteiger partial charge in [0.05, 0.1) is 13.2 Å². The summed E-state index contributed by atoms with van der Waals surface area (Å²) in [4.78, 5) is 19.4. The second-order valence-electron chi connectivity index (χ2n) is 6.04. The molecule has 122 valence electrons. The first kappa shape index (κ1) is 14.8. The highest BCUT2D eigenvalue weighted by Crippen LogP contribution is 2.29. The highest BCUT2D eigenvalue weighted by Gasteiger charge is 2.29. The van der Waals surface area contributed by atoms with Crippen LogP contribution in [0.3, 0.4) is 0 Å². The minimum atomic E-state index is -0.0565. The van der Waals surface area contributed by atoms with Crippen molar-refractivity contribution in [2.75, 3.05) is 13.7 Å². The topological polar surface area (TPSA) is 47.4 Å². The van der Waals surface area contributed by atoms with Crippen LogP contribution in [0.2, 0.25) is 0 Å². The molecular weight excluding hydrogens is 302 g/mol. The van der Waals surface area contributed by atoms with Crippen LogP contribution in [-0.4, -0.2) is 34.0 Å². The lowest BCUT2D eigenvalue weighted by atomic mass is 10.1. The molecule has 0 N–H and O–H groups in total. The van der Waals surface area contributed by atoms with Crippen LogP contribution in [0, 0.1) is 0 Å². The number of carbonyl (C=O) groups is 1. The smallest absolute Gasteiger partial charge is 0.273 e. The Morgan fingerprint density at radius 3 is 2.88 bits per heavy atom. The maximum absolute atomic E-state index is 13.1. The highest BCUT2D eigenvalue weighted by molar-refractivity contribution is 5.98. The second-order valence-corrected chi connectivity index (χ2v) is 6.04. The SMILES string of the molecule is COc1nc(C(=O)N2CCn3cccc3[C@H]2C)cc2ccccc12. The van der Waals surface area contributed by atoms with Crippen LogP contribution >= 0.6 is 0 Å². The number of methoxy groups -OCH3 is 1. The van der Waals surface area contributed by atoms with Gasteiger partial charge in [-0.3, -0.25) is 4.79 Å². The molecular formula is C19H19N3O2. The van der Waals surface area contributed by atoms with Gasteiger partial charge in [-0.25, -0.2) is 4.98 Å². The number of fused-ring (bicyclic) bond motifs is 2. The monoisotopic (exact) mass is 321 g/mol. The average molecular weight is 321 g/mol. The fourth-order valence-electron chi connectivity index (χ4n) is 3.44. The van der Waals surface area contributed by atoms with Gasteiger partial charge in [-0.15, -0.1) is 0 Å². The van der Waals surface area contributed by atoms with Crippen LogP contribution in [0.15, 0.2) is 48.7 Å². The number of carbonyl (C=O) groups excluding carboxylic acids is 1. The van der Waals surface area contributed by atoms with E-state index in [-0.39, 0.29) is 11.9 Å². The first-order valence-electron chi connectivity index (χ1n) is 8.09. The van der Waals surface area contributed by atoms with Gasteiger partial charge in [0.15, 0.2) is 0 Å². The first-order valence-corrected chi connectivity index (χ1v) is 8.09. The molecule has 0 bridgehead atoms. The molecule has 1 aliphatic heterocycles. The molecule has 0 aliphatic carbocycles. The maximum Gasteiger partial charge on any atom is 0.273 e. The summed E-state index contributed by atoms with van der Waals surface area (Å²) in [5.74, 6) is 0.434. The van der Waals surface area contributed by atoms with Crippen molar-refractivity contribution < 1.29 is 9.53 Å². The largest absolute Gasteiger partial charge is 0.481 e. The number of rotatable bonds is 2. The molecule has 1 atom stereocenters. The Morgan fingerprint density at radius 2 is 2.04 bits per heavy atom. The van der Waals surface area contributed by atoms with Crippen LogP contribution in [0.5, 0.6) is 5.88 Å². The van der Waals surface area contributed by atoms with E-state index in [4.69, 9.17) is 4.74 Å². The van der Waals surface area contributed by atoms with E-state index in [0.717, 1.165) is 23.0 Å². The molecule has 0 radical (unpaired) electrons. The van der Waals surface area contributed by atoms with Gasteiger partial charge in [-0.1, -0.05) is 18.2 Å². The molecule has 24 heavy (non-hydrogen) atoms. The van der Waals surface area contributed by atoms with Crippen LogP contribution in [0.1, 0.15) is 29.1 Å². The molecule has 2 aromatic heterocycles. The zero-order valence-corrected chi connectivity index (χ0v) is 13.8. The Bertz CT molecular complexity index is 916. The van der Waals surface area contributed by atoms with Gasteiger partial charge in [0.25, 0.3) is 5.91 Å². The van der Waals surface area contributed by atoms with E-state index < -0.39 is 0 Å². The highest BCUT2D eigenvalue weighted by atomic mass is 16.5. The fourth-order valence-corrected chi connectivity index (χ4v) is 3.44. The lowest BCUT2D eigenvalue weighted by Crippen LogP contribution is -2.41. The molecule has 5 nitrogen and oxygen atoms in total. The number of ether oxygens (including phenoxy) is 1. The molecule has 4 rings (SSSR count). The minimum Gasteiger partial charge on any atom is -0.481 e. The normalized spacial score (nSPS) is 16.9. The molecule has 0 fully saturated rings. The number of hydrogen-bond donors (Lipinski definition) is 0. The predicted octanol–water partition coefficient (Wildman–Crippen LogP) is 3.26. The van der Waals surface area contributed by atoms with Gasteiger partial charge in [-0.2, -0.15) is 0 Å². The van der Waals surface area contributed by atoms with Gasteiger partial charge in [0.1, 0.15) is 5.69 Å². The average Bonchev–Trinajstić information content (AvgIpc) is 3.10. The van der Waals surface area contributed by atoms with E-state index in [9.17, 15) is 4.79 Å². The van der Waals surface area contributed by atoms with Crippen molar-refractivity contribution in [2.45, 2.75) is 19.5 Å². The summed E-state index contributed by atoms with van der Waals surface area (Å²) in [6.07, 6.45) is 2.06. The number of benzene rings is 1. The van der Waals surface area contributed by atoms with E-state index >= 15 is 0 Å². The molecule has 5 heteroatoms. The number of hydrogen-bond acceptors (Lipinski definition) is 3. The Hall–Kier alpha value is -2.82. The van der Waals surface area contributed by atoms with Crippen LogP contribution in [0.25, 0.3) is 10.8 Å². The van der Waals surface area contributed by atoms with E-state index in [2.05, 4.69) is 28.7 Å². The molecule has 0 saturated heterocycles. The lowest BCUT2D eigenvalue weighted by molar-refractivity contribution is 0.0637. The summed E-state index contributed by atoms with van der Waals surface area (Å²) in [5, 5.41) is 1.87. The van der Waals surface area contributed by atoms with Crippen molar-refractivity contribution in [3.8, 4) is 5.88 Å².